The van der Waals surface area contributed by atoms with Gasteiger partial charge in [-0.05, 0) is 23.8 Å². The van der Waals surface area contributed by atoms with Gasteiger partial charge in [0.05, 0.1) is 30.4 Å². The molecule has 0 N–H and O–H groups in total. The highest BCUT2D eigenvalue weighted by molar-refractivity contribution is 6.00. The molecule has 1 amide bonds. The zero-order valence-corrected chi connectivity index (χ0v) is 18.5. The minimum absolute atomic E-state index is 0.0204. The first-order chi connectivity index (χ1) is 16.6. The molecule has 4 bridgehead atoms. The maximum Gasteiger partial charge on any atom is 0.340 e. The lowest BCUT2D eigenvalue weighted by atomic mass is 9.88. The molecule has 3 aliphatic heterocycles. The third kappa shape index (κ3) is 2.83. The van der Waals surface area contributed by atoms with Gasteiger partial charge in [-0.3, -0.25) is 4.68 Å². The van der Waals surface area contributed by atoms with Gasteiger partial charge in [-0.2, -0.15) is 5.10 Å². The monoisotopic (exact) mass is 460 g/mol. The Morgan fingerprint density at radius 1 is 1.12 bits per heavy atom. The molecule has 3 aliphatic rings. The molecule has 0 unspecified atom stereocenters. The second-order valence-corrected chi connectivity index (χ2v) is 9.10. The summed E-state index contributed by atoms with van der Waals surface area (Å²) in [6.45, 7) is 1.11. The number of carbonyl (C=O) groups is 3. The minimum atomic E-state index is -0.380. The van der Waals surface area contributed by atoms with E-state index in [9.17, 15) is 14.4 Å². The van der Waals surface area contributed by atoms with Gasteiger partial charge in [-0.25, -0.2) is 9.18 Å². The Labute approximate surface area is 194 Å². The second kappa shape index (κ2) is 7.66. The SMILES string of the molecule is O=CCCC(=O)[N+]12CCC(CC1)c1nn(CC=O)c3cccc(c13)-c1cc3c(cnn32)cc1F. The number of quaternary nitrogens is 1. The van der Waals surface area contributed by atoms with Gasteiger partial charge in [-0.15, -0.1) is 9.69 Å². The van der Waals surface area contributed by atoms with Gasteiger partial charge in [0.2, 0.25) is 0 Å². The number of aromatic nitrogens is 4. The van der Waals surface area contributed by atoms with Gasteiger partial charge in [0.1, 0.15) is 37.0 Å². The van der Waals surface area contributed by atoms with Crippen LogP contribution < -0.4 is 4.59 Å². The normalized spacial score (nSPS) is 21.1. The van der Waals surface area contributed by atoms with E-state index in [0.717, 1.165) is 34.7 Å². The first kappa shape index (κ1) is 20.9. The van der Waals surface area contributed by atoms with Crippen LogP contribution in [0.4, 0.5) is 4.39 Å². The number of benzene rings is 2. The summed E-state index contributed by atoms with van der Waals surface area (Å²) in [6, 6.07) is 8.86. The molecule has 2 aromatic carbocycles. The van der Waals surface area contributed by atoms with Crippen molar-refractivity contribution in [3.8, 4) is 11.1 Å². The fourth-order valence-corrected chi connectivity index (χ4v) is 5.73. The molecular weight excluding hydrogens is 437 g/mol. The van der Waals surface area contributed by atoms with Crippen molar-refractivity contribution in [3.05, 3.63) is 48.0 Å². The molecule has 9 heteroatoms. The molecule has 5 heterocycles. The van der Waals surface area contributed by atoms with Crippen molar-refractivity contribution in [2.45, 2.75) is 38.1 Å². The smallest absolute Gasteiger partial charge is 0.303 e. The van der Waals surface area contributed by atoms with E-state index >= 15 is 4.39 Å². The zero-order chi connectivity index (χ0) is 23.4. The van der Waals surface area contributed by atoms with E-state index in [1.807, 2.05) is 18.2 Å². The van der Waals surface area contributed by atoms with Crippen molar-refractivity contribution in [3.63, 3.8) is 0 Å². The number of carbonyl (C=O) groups excluding carboxylic acids is 3. The van der Waals surface area contributed by atoms with Crippen molar-refractivity contribution in [2.24, 2.45) is 0 Å². The van der Waals surface area contributed by atoms with Crippen molar-refractivity contribution >= 4 is 40.3 Å². The Morgan fingerprint density at radius 2 is 1.94 bits per heavy atom. The molecule has 0 saturated carbocycles. The highest BCUT2D eigenvalue weighted by atomic mass is 19.1. The lowest BCUT2D eigenvalue weighted by Crippen LogP contribution is -2.65. The Morgan fingerprint density at radius 3 is 2.71 bits per heavy atom. The first-order valence-corrected chi connectivity index (χ1v) is 11.5. The summed E-state index contributed by atoms with van der Waals surface area (Å²) >= 11 is 0. The van der Waals surface area contributed by atoms with Gasteiger partial charge in [0.15, 0.2) is 0 Å². The van der Waals surface area contributed by atoms with E-state index in [-0.39, 0.29) is 41.6 Å². The Balaban J connectivity index is 1.68. The van der Waals surface area contributed by atoms with Gasteiger partial charge in [-0.1, -0.05) is 16.9 Å². The van der Waals surface area contributed by atoms with Crippen LogP contribution in [0.3, 0.4) is 0 Å². The molecule has 34 heavy (non-hydrogen) atoms. The van der Waals surface area contributed by atoms with E-state index in [1.165, 1.54) is 6.07 Å². The Hall–Kier alpha value is -3.72. The number of nitrogens with zero attached hydrogens (tertiary/aromatic N) is 5. The molecule has 2 aromatic heterocycles. The second-order valence-electron chi connectivity index (χ2n) is 9.10. The predicted octanol–water partition coefficient (Wildman–Crippen LogP) is 3.23. The van der Waals surface area contributed by atoms with Crippen LogP contribution in [0.15, 0.2) is 36.5 Å². The Bertz CT molecular complexity index is 1480. The Kier molecular flexibility index (Phi) is 4.70. The highest BCUT2D eigenvalue weighted by Gasteiger charge is 2.46. The first-order valence-electron chi connectivity index (χ1n) is 11.5. The summed E-state index contributed by atoms with van der Waals surface area (Å²) in [5.74, 6) is -0.406. The molecule has 7 rings (SSSR count). The number of rotatable bonds is 5. The van der Waals surface area contributed by atoms with Gasteiger partial charge >= 0.3 is 5.91 Å². The fraction of sp³-hybridized carbons (Fsp3) is 0.320. The minimum Gasteiger partial charge on any atom is -0.303 e. The number of hydrogen-bond acceptors (Lipinski definition) is 5. The van der Waals surface area contributed by atoms with Crippen LogP contribution in [0.2, 0.25) is 0 Å². The third-order valence-electron chi connectivity index (χ3n) is 7.37. The van der Waals surface area contributed by atoms with Crippen LogP contribution in [-0.4, -0.2) is 51.2 Å². The quantitative estimate of drug-likeness (QED) is 0.337. The summed E-state index contributed by atoms with van der Waals surface area (Å²) < 4.78 is 17.1. The summed E-state index contributed by atoms with van der Waals surface area (Å²) in [5.41, 5.74) is 3.43. The van der Waals surface area contributed by atoms with E-state index in [0.29, 0.717) is 42.4 Å². The number of hydrogen-bond donors (Lipinski definition) is 0. The van der Waals surface area contributed by atoms with Gasteiger partial charge in [0.25, 0.3) is 0 Å². The van der Waals surface area contributed by atoms with E-state index in [2.05, 4.69) is 5.10 Å². The van der Waals surface area contributed by atoms with Crippen LogP contribution in [0.5, 0.6) is 0 Å². The van der Waals surface area contributed by atoms with Gasteiger partial charge < -0.3 is 9.59 Å². The summed E-state index contributed by atoms with van der Waals surface area (Å²) in [4.78, 5) is 37.6. The average Bonchev–Trinajstić information content (AvgIpc) is 3.43. The molecule has 0 atom stereocenters. The molecule has 0 radical (unpaired) electrons. The van der Waals surface area contributed by atoms with Crippen LogP contribution in [0.1, 0.15) is 37.3 Å². The predicted molar refractivity (Wildman–Crippen MR) is 124 cm³/mol. The van der Waals surface area contributed by atoms with Crippen LogP contribution in [0, 0.1) is 5.82 Å². The molecule has 4 aromatic rings. The summed E-state index contributed by atoms with van der Waals surface area (Å²) in [5, 5.41) is 10.8. The maximum atomic E-state index is 15.5. The van der Waals surface area contributed by atoms with Crippen LogP contribution in [0.25, 0.3) is 32.9 Å². The number of amides is 1. The van der Waals surface area contributed by atoms with Crippen molar-refractivity contribution in [1.29, 1.82) is 0 Å². The zero-order valence-electron chi connectivity index (χ0n) is 18.5. The fourth-order valence-electron chi connectivity index (χ4n) is 5.73. The topological polar surface area (TPSA) is 86.8 Å². The lowest BCUT2D eigenvalue weighted by Gasteiger charge is -2.39. The number of fused-ring (bicyclic) bond motifs is 2. The number of halogens is 1. The molecule has 0 spiro atoms. The van der Waals surface area contributed by atoms with E-state index in [4.69, 9.17) is 5.10 Å². The van der Waals surface area contributed by atoms with E-state index in [1.54, 1.807) is 21.7 Å². The van der Waals surface area contributed by atoms with E-state index < -0.39 is 0 Å². The molecule has 1 saturated heterocycles. The molecule has 1 fully saturated rings. The van der Waals surface area contributed by atoms with Crippen LogP contribution in [-0.2, 0) is 20.9 Å². The lowest BCUT2D eigenvalue weighted by molar-refractivity contribution is -0.141. The number of piperidine rings is 1. The van der Waals surface area contributed by atoms with Crippen molar-refractivity contribution < 1.29 is 18.8 Å². The summed E-state index contributed by atoms with van der Waals surface area (Å²) in [6.07, 6.45) is 4.80. The average molecular weight is 460 g/mol. The highest BCUT2D eigenvalue weighted by Crippen LogP contribution is 2.42. The molecule has 0 aliphatic carbocycles. The molecule has 172 valence electrons. The largest absolute Gasteiger partial charge is 0.340 e. The third-order valence-corrected chi connectivity index (χ3v) is 7.37. The summed E-state index contributed by atoms with van der Waals surface area (Å²) in [7, 11) is 0. The molecule has 8 nitrogen and oxygen atoms in total. The number of aldehydes is 2. The van der Waals surface area contributed by atoms with Crippen LogP contribution >= 0.6 is 0 Å². The standard InChI is InChI=1S/C25H23FN5O3/c26-20-13-17-15-27-30-22(17)14-19(20)18-3-1-4-21-24(18)25(28-29(21)8-12-33)16-6-9-31(30,10-7-16)23(34)5-2-11-32/h1,3-4,11-16H,2,5-10H2/q+1. The molecular formula is C25H23FN5O3+. The maximum absolute atomic E-state index is 15.5. The van der Waals surface area contributed by atoms with Crippen molar-refractivity contribution in [2.75, 3.05) is 13.1 Å². The van der Waals surface area contributed by atoms with Gasteiger partial charge in [0, 0.05) is 41.5 Å². The van der Waals surface area contributed by atoms with Crippen molar-refractivity contribution in [1.82, 2.24) is 24.3 Å².